The fraction of sp³-hybridized carbons (Fsp3) is 0.360. The molecule has 3 aromatic rings. The molecule has 0 bridgehead atoms. The van der Waals surface area contributed by atoms with Crippen molar-refractivity contribution in [1.29, 1.82) is 0 Å². The number of rotatable bonds is 6. The summed E-state index contributed by atoms with van der Waals surface area (Å²) in [6.07, 6.45) is 0. The van der Waals surface area contributed by atoms with Crippen LogP contribution in [0.1, 0.15) is 19.4 Å². The van der Waals surface area contributed by atoms with Crippen LogP contribution in [0.4, 0.5) is 4.39 Å². The van der Waals surface area contributed by atoms with E-state index in [4.69, 9.17) is 13.9 Å². The molecular weight excluding hydrogens is 427 g/mol. The molecule has 2 atom stereocenters. The molecule has 1 aliphatic rings. The molecule has 0 N–H and O–H groups in total. The highest BCUT2D eigenvalue weighted by Gasteiger charge is 2.32. The third-order valence-electron chi connectivity index (χ3n) is 6.00. The van der Waals surface area contributed by atoms with Crippen LogP contribution in [0.5, 0.6) is 11.5 Å². The van der Waals surface area contributed by atoms with Crippen molar-refractivity contribution in [3.05, 3.63) is 70.3 Å². The van der Waals surface area contributed by atoms with Gasteiger partial charge in [-0.2, -0.15) is 0 Å². The molecular formula is C25H27FN2O5. The van der Waals surface area contributed by atoms with E-state index in [-0.39, 0.29) is 41.7 Å². The average molecular weight is 454 g/mol. The molecule has 2 aromatic carbocycles. The number of hydrogen-bond acceptors (Lipinski definition) is 6. The number of amides is 1. The van der Waals surface area contributed by atoms with E-state index >= 15 is 0 Å². The molecule has 0 spiro atoms. The van der Waals surface area contributed by atoms with Gasteiger partial charge >= 0.3 is 5.63 Å². The van der Waals surface area contributed by atoms with Gasteiger partial charge in [-0.1, -0.05) is 12.1 Å². The SMILES string of the molecule is COc1ccc2ccc(=O)oc2c1OCC(=O)N1C[C@H](C)N(Cc2ccc(F)cc2)C[C@H]1C. The third-order valence-corrected chi connectivity index (χ3v) is 6.00. The molecule has 1 aliphatic heterocycles. The molecule has 174 valence electrons. The lowest BCUT2D eigenvalue weighted by Gasteiger charge is -2.44. The number of carbonyl (C=O) groups excluding carboxylic acids is 1. The van der Waals surface area contributed by atoms with Gasteiger partial charge in [0.2, 0.25) is 5.75 Å². The lowest BCUT2D eigenvalue weighted by atomic mass is 10.1. The van der Waals surface area contributed by atoms with Crippen molar-refractivity contribution in [1.82, 2.24) is 9.80 Å². The predicted octanol–water partition coefficient (Wildman–Crippen LogP) is 3.44. The number of halogens is 1. The highest BCUT2D eigenvalue weighted by molar-refractivity contribution is 5.86. The lowest BCUT2D eigenvalue weighted by molar-refractivity contribution is -0.139. The zero-order valence-corrected chi connectivity index (χ0v) is 18.9. The Morgan fingerprint density at radius 1 is 1.06 bits per heavy atom. The zero-order valence-electron chi connectivity index (χ0n) is 18.9. The van der Waals surface area contributed by atoms with Crippen LogP contribution in [-0.4, -0.2) is 54.6 Å². The first kappa shape index (κ1) is 22.8. The van der Waals surface area contributed by atoms with E-state index in [1.165, 1.54) is 25.3 Å². The van der Waals surface area contributed by atoms with Gasteiger partial charge in [0.05, 0.1) is 7.11 Å². The number of fused-ring (bicyclic) bond motifs is 1. The topological polar surface area (TPSA) is 72.2 Å². The van der Waals surface area contributed by atoms with Crippen LogP contribution in [-0.2, 0) is 11.3 Å². The maximum atomic E-state index is 13.2. The van der Waals surface area contributed by atoms with Gasteiger partial charge in [0.1, 0.15) is 5.82 Å². The van der Waals surface area contributed by atoms with Crippen LogP contribution in [0, 0.1) is 5.82 Å². The van der Waals surface area contributed by atoms with E-state index in [1.54, 1.807) is 35.2 Å². The van der Waals surface area contributed by atoms with Crippen LogP contribution in [0.15, 0.2) is 57.7 Å². The Hall–Kier alpha value is -3.39. The second-order valence-corrected chi connectivity index (χ2v) is 8.36. The quantitative estimate of drug-likeness (QED) is 0.532. The largest absolute Gasteiger partial charge is 0.493 e. The molecule has 1 fully saturated rings. The molecule has 7 nitrogen and oxygen atoms in total. The maximum Gasteiger partial charge on any atom is 0.336 e. The van der Waals surface area contributed by atoms with Crippen molar-refractivity contribution in [2.75, 3.05) is 26.8 Å². The van der Waals surface area contributed by atoms with E-state index in [0.717, 1.165) is 5.56 Å². The van der Waals surface area contributed by atoms with Gasteiger partial charge in [-0.25, -0.2) is 9.18 Å². The normalized spacial score (nSPS) is 19.0. The Kier molecular flexibility index (Phi) is 6.65. The summed E-state index contributed by atoms with van der Waals surface area (Å²) in [5.41, 5.74) is 0.773. The molecule has 8 heteroatoms. The first-order valence-electron chi connectivity index (χ1n) is 10.9. The Morgan fingerprint density at radius 3 is 2.52 bits per heavy atom. The summed E-state index contributed by atoms with van der Waals surface area (Å²) >= 11 is 0. The lowest BCUT2D eigenvalue weighted by Crippen LogP contribution is -2.58. The van der Waals surface area contributed by atoms with E-state index in [0.29, 0.717) is 30.8 Å². The van der Waals surface area contributed by atoms with Crippen molar-refractivity contribution in [2.24, 2.45) is 0 Å². The highest BCUT2D eigenvalue weighted by Crippen LogP contribution is 2.35. The van der Waals surface area contributed by atoms with E-state index in [9.17, 15) is 14.0 Å². The molecule has 0 aliphatic carbocycles. The maximum absolute atomic E-state index is 13.2. The number of piperazine rings is 1. The summed E-state index contributed by atoms with van der Waals surface area (Å²) < 4.78 is 29.7. The van der Waals surface area contributed by atoms with Crippen LogP contribution in [0.25, 0.3) is 11.0 Å². The van der Waals surface area contributed by atoms with E-state index in [2.05, 4.69) is 11.8 Å². The standard InChI is InChI=1S/C25H27FN2O5/c1-16-13-28(17(2)12-27(16)14-18-4-8-20(26)9-5-18)22(29)15-32-25-21(31-3)10-6-19-7-11-23(30)33-24(19)25/h4-11,16-17H,12-15H2,1-3H3/t16-,17+/m0/s1. The van der Waals surface area contributed by atoms with Crippen molar-refractivity contribution in [3.63, 3.8) is 0 Å². The molecule has 1 aromatic heterocycles. The van der Waals surface area contributed by atoms with Crippen LogP contribution in [0.2, 0.25) is 0 Å². The summed E-state index contributed by atoms with van der Waals surface area (Å²) in [4.78, 5) is 28.8. The number of hydrogen-bond donors (Lipinski definition) is 0. The minimum atomic E-state index is -0.508. The summed E-state index contributed by atoms with van der Waals surface area (Å²) in [5, 5.41) is 0.675. The fourth-order valence-electron chi connectivity index (χ4n) is 4.19. The Balaban J connectivity index is 1.44. The number of nitrogens with zero attached hydrogens (tertiary/aromatic N) is 2. The summed E-state index contributed by atoms with van der Waals surface area (Å²) in [6.45, 7) is 5.79. The molecule has 0 unspecified atom stereocenters. The highest BCUT2D eigenvalue weighted by atomic mass is 19.1. The molecule has 1 saturated heterocycles. The predicted molar refractivity (Wildman–Crippen MR) is 122 cm³/mol. The molecule has 0 radical (unpaired) electrons. The van der Waals surface area contributed by atoms with Gasteiger partial charge in [-0.05, 0) is 49.7 Å². The second kappa shape index (κ2) is 9.62. The summed E-state index contributed by atoms with van der Waals surface area (Å²) in [5.74, 6) is 0.206. The van der Waals surface area contributed by atoms with E-state index in [1.807, 2.05) is 6.92 Å². The summed E-state index contributed by atoms with van der Waals surface area (Å²) in [6, 6.07) is 13.0. The Bertz CT molecular complexity index is 1190. The number of ether oxygens (including phenoxy) is 2. The molecule has 0 saturated carbocycles. The van der Waals surface area contributed by atoms with E-state index < -0.39 is 5.63 Å². The van der Waals surface area contributed by atoms with Gasteiger partial charge in [0, 0.05) is 43.2 Å². The zero-order chi connectivity index (χ0) is 23.5. The molecule has 2 heterocycles. The minimum Gasteiger partial charge on any atom is -0.493 e. The van der Waals surface area contributed by atoms with Gasteiger partial charge < -0.3 is 18.8 Å². The van der Waals surface area contributed by atoms with Crippen molar-refractivity contribution >= 4 is 16.9 Å². The van der Waals surface area contributed by atoms with Crippen molar-refractivity contribution in [2.45, 2.75) is 32.5 Å². The fourth-order valence-corrected chi connectivity index (χ4v) is 4.19. The summed E-state index contributed by atoms with van der Waals surface area (Å²) in [7, 11) is 1.49. The smallest absolute Gasteiger partial charge is 0.336 e. The molecule has 1 amide bonds. The van der Waals surface area contributed by atoms with Crippen molar-refractivity contribution in [3.8, 4) is 11.5 Å². The number of benzene rings is 2. The second-order valence-electron chi connectivity index (χ2n) is 8.36. The van der Waals surface area contributed by atoms with Gasteiger partial charge in [-0.15, -0.1) is 0 Å². The minimum absolute atomic E-state index is 0.0231. The van der Waals surface area contributed by atoms with Gasteiger partial charge in [0.15, 0.2) is 17.9 Å². The van der Waals surface area contributed by atoms with Crippen LogP contribution < -0.4 is 15.1 Å². The van der Waals surface area contributed by atoms with Crippen LogP contribution in [0.3, 0.4) is 0 Å². The molecule has 33 heavy (non-hydrogen) atoms. The Morgan fingerprint density at radius 2 is 1.79 bits per heavy atom. The molecule has 4 rings (SSSR count). The monoisotopic (exact) mass is 454 g/mol. The third kappa shape index (κ3) is 5.01. The van der Waals surface area contributed by atoms with Gasteiger partial charge in [-0.3, -0.25) is 9.69 Å². The average Bonchev–Trinajstić information content (AvgIpc) is 2.80. The van der Waals surface area contributed by atoms with Crippen LogP contribution >= 0.6 is 0 Å². The van der Waals surface area contributed by atoms with Crippen molar-refractivity contribution < 1.29 is 23.1 Å². The first-order valence-corrected chi connectivity index (χ1v) is 10.9. The number of carbonyl (C=O) groups is 1. The first-order chi connectivity index (χ1) is 15.9. The Labute approximate surface area is 191 Å². The van der Waals surface area contributed by atoms with Gasteiger partial charge in [0.25, 0.3) is 5.91 Å². The number of methoxy groups -OCH3 is 1.